The van der Waals surface area contributed by atoms with Gasteiger partial charge in [0.1, 0.15) is 0 Å². The molecule has 1 amide bonds. The first kappa shape index (κ1) is 18.0. The molecule has 2 aromatic heterocycles. The van der Waals surface area contributed by atoms with E-state index in [1.807, 2.05) is 29.0 Å². The van der Waals surface area contributed by atoms with Crippen LogP contribution in [0.25, 0.3) is 0 Å². The zero-order valence-electron chi connectivity index (χ0n) is 14.6. The van der Waals surface area contributed by atoms with Crippen LogP contribution in [0.3, 0.4) is 0 Å². The quantitative estimate of drug-likeness (QED) is 0.823. The van der Waals surface area contributed by atoms with Gasteiger partial charge >= 0.3 is 0 Å². The number of rotatable bonds is 7. The molecule has 1 aliphatic heterocycles. The molecule has 1 fully saturated rings. The lowest BCUT2D eigenvalue weighted by atomic mass is 10.0. The summed E-state index contributed by atoms with van der Waals surface area (Å²) in [5.41, 5.74) is 1.41. The van der Waals surface area contributed by atoms with E-state index in [1.54, 1.807) is 28.6 Å². The van der Waals surface area contributed by atoms with E-state index in [1.165, 1.54) is 5.56 Å². The first-order valence-corrected chi connectivity index (χ1v) is 9.65. The minimum Gasteiger partial charge on any atom is -0.387 e. The number of hydrogen-bond acceptors (Lipinski definition) is 5. The first-order valence-electron chi connectivity index (χ1n) is 8.70. The van der Waals surface area contributed by atoms with Crippen molar-refractivity contribution in [1.29, 1.82) is 0 Å². The number of hydrogen-bond donors (Lipinski definition) is 1. The molecule has 1 aliphatic rings. The van der Waals surface area contributed by atoms with Gasteiger partial charge in [-0.3, -0.25) is 14.7 Å². The molecule has 1 atom stereocenters. The smallest absolute Gasteiger partial charge is 0.227 e. The fourth-order valence-corrected chi connectivity index (χ4v) is 3.99. The topological polar surface area (TPSA) is 56.7 Å². The van der Waals surface area contributed by atoms with E-state index in [0.29, 0.717) is 32.5 Å². The average molecular weight is 359 g/mol. The van der Waals surface area contributed by atoms with Crippen LogP contribution in [0.1, 0.15) is 24.5 Å². The van der Waals surface area contributed by atoms with Crippen molar-refractivity contribution >= 4 is 17.2 Å². The predicted octanol–water partition coefficient (Wildman–Crippen LogP) is 2.17. The molecule has 134 valence electrons. The summed E-state index contributed by atoms with van der Waals surface area (Å²) in [5.74, 6) is 0.103. The maximum atomic E-state index is 12.4. The van der Waals surface area contributed by atoms with Gasteiger partial charge in [0.05, 0.1) is 18.6 Å². The zero-order valence-corrected chi connectivity index (χ0v) is 15.4. The number of likely N-dealkylation sites (N-methyl/N-ethyl adjacent to an activating group) is 1. The summed E-state index contributed by atoms with van der Waals surface area (Å²) in [4.78, 5) is 20.5. The van der Waals surface area contributed by atoms with Crippen molar-refractivity contribution in [3.63, 3.8) is 0 Å². The molecule has 0 aromatic carbocycles. The molecule has 0 spiro atoms. The molecule has 0 bridgehead atoms. The lowest BCUT2D eigenvalue weighted by molar-refractivity contribution is -0.130. The standard InChI is InChI=1S/C19H25N3O2S/c1-2-21(12-16-3-7-20-8-4-16)14-19(24)6-9-22(15-19)18(23)11-17-5-10-25-13-17/h3-5,7-8,10,13,24H,2,6,9,11-12,14-15H2,1H3/t19-/m0/s1. The van der Waals surface area contributed by atoms with E-state index < -0.39 is 5.60 Å². The van der Waals surface area contributed by atoms with Crippen LogP contribution in [-0.2, 0) is 17.8 Å². The van der Waals surface area contributed by atoms with Crippen molar-refractivity contribution in [2.45, 2.75) is 31.9 Å². The Kier molecular flexibility index (Phi) is 5.83. The molecule has 1 saturated heterocycles. The average Bonchev–Trinajstić information content (AvgIpc) is 3.25. The third kappa shape index (κ3) is 4.87. The van der Waals surface area contributed by atoms with E-state index in [4.69, 9.17) is 0 Å². The second kappa shape index (κ2) is 8.08. The van der Waals surface area contributed by atoms with E-state index in [0.717, 1.165) is 18.7 Å². The van der Waals surface area contributed by atoms with Crippen LogP contribution >= 0.6 is 11.3 Å². The van der Waals surface area contributed by atoms with Crippen molar-refractivity contribution in [3.8, 4) is 0 Å². The van der Waals surface area contributed by atoms with Crippen molar-refractivity contribution in [1.82, 2.24) is 14.8 Å². The van der Waals surface area contributed by atoms with Gasteiger partial charge in [0.15, 0.2) is 0 Å². The third-order valence-corrected chi connectivity index (χ3v) is 5.47. The SMILES string of the molecule is CCN(Cc1ccncc1)C[C@@]1(O)CCN(C(=O)Cc2ccsc2)C1. The number of aliphatic hydroxyl groups is 1. The molecule has 0 unspecified atom stereocenters. The van der Waals surface area contributed by atoms with Crippen LogP contribution in [0.2, 0.25) is 0 Å². The van der Waals surface area contributed by atoms with Gasteiger partial charge in [0.2, 0.25) is 5.91 Å². The Balaban J connectivity index is 1.55. The number of thiophene rings is 1. The zero-order chi connectivity index (χ0) is 17.7. The normalized spacial score (nSPS) is 20.4. The molecule has 6 heteroatoms. The maximum absolute atomic E-state index is 12.4. The summed E-state index contributed by atoms with van der Waals surface area (Å²) in [7, 11) is 0. The molecule has 3 rings (SSSR count). The Hall–Kier alpha value is -1.76. The van der Waals surface area contributed by atoms with Gasteiger partial charge in [-0.1, -0.05) is 6.92 Å². The summed E-state index contributed by atoms with van der Waals surface area (Å²) < 4.78 is 0. The van der Waals surface area contributed by atoms with Crippen LogP contribution < -0.4 is 0 Å². The Morgan fingerprint density at radius 1 is 1.36 bits per heavy atom. The molecular weight excluding hydrogens is 334 g/mol. The fraction of sp³-hybridized carbons (Fsp3) is 0.474. The number of carbonyl (C=O) groups excluding carboxylic acids is 1. The Bertz CT molecular complexity index is 677. The van der Waals surface area contributed by atoms with Gasteiger partial charge in [-0.15, -0.1) is 0 Å². The highest BCUT2D eigenvalue weighted by atomic mass is 32.1. The molecule has 3 heterocycles. The van der Waals surface area contributed by atoms with Gasteiger partial charge in [0, 0.05) is 32.0 Å². The highest BCUT2D eigenvalue weighted by Crippen LogP contribution is 2.24. The number of β-amino-alcohol motifs (C(OH)–C–C–N with tert-alkyl or cyclic N) is 1. The van der Waals surface area contributed by atoms with Gasteiger partial charge in [0.25, 0.3) is 0 Å². The highest BCUT2D eigenvalue weighted by Gasteiger charge is 2.39. The lowest BCUT2D eigenvalue weighted by Crippen LogP contribution is -2.45. The van der Waals surface area contributed by atoms with Gasteiger partial charge in [-0.25, -0.2) is 0 Å². The van der Waals surface area contributed by atoms with Gasteiger partial charge in [-0.2, -0.15) is 11.3 Å². The predicted molar refractivity (Wildman–Crippen MR) is 99.4 cm³/mol. The maximum Gasteiger partial charge on any atom is 0.227 e. The van der Waals surface area contributed by atoms with E-state index in [2.05, 4.69) is 16.8 Å². The third-order valence-electron chi connectivity index (χ3n) is 4.74. The van der Waals surface area contributed by atoms with Crippen LogP contribution in [-0.4, -0.2) is 57.6 Å². The molecule has 2 aromatic rings. The Labute approximate surface area is 152 Å². The number of nitrogens with zero attached hydrogens (tertiary/aromatic N) is 3. The lowest BCUT2D eigenvalue weighted by Gasteiger charge is -2.30. The molecule has 5 nitrogen and oxygen atoms in total. The molecule has 0 aliphatic carbocycles. The minimum absolute atomic E-state index is 0.103. The monoisotopic (exact) mass is 359 g/mol. The van der Waals surface area contributed by atoms with E-state index in [9.17, 15) is 9.90 Å². The Morgan fingerprint density at radius 2 is 2.16 bits per heavy atom. The number of amides is 1. The van der Waals surface area contributed by atoms with Crippen molar-refractivity contribution in [2.24, 2.45) is 0 Å². The van der Waals surface area contributed by atoms with Crippen molar-refractivity contribution in [3.05, 3.63) is 52.5 Å². The molecule has 0 radical (unpaired) electrons. The fourth-order valence-electron chi connectivity index (χ4n) is 3.32. The van der Waals surface area contributed by atoms with Crippen LogP contribution in [0, 0.1) is 0 Å². The van der Waals surface area contributed by atoms with Crippen LogP contribution in [0.4, 0.5) is 0 Å². The Morgan fingerprint density at radius 3 is 2.84 bits per heavy atom. The number of pyridine rings is 1. The van der Waals surface area contributed by atoms with Gasteiger partial charge < -0.3 is 10.0 Å². The second-order valence-corrected chi connectivity index (χ2v) is 7.54. The number of likely N-dealkylation sites (tertiary alicyclic amines) is 1. The summed E-state index contributed by atoms with van der Waals surface area (Å²) in [6, 6.07) is 5.98. The van der Waals surface area contributed by atoms with E-state index in [-0.39, 0.29) is 5.91 Å². The summed E-state index contributed by atoms with van der Waals surface area (Å²) in [6.45, 7) is 5.36. The second-order valence-electron chi connectivity index (χ2n) is 6.76. The first-order chi connectivity index (χ1) is 12.1. The molecule has 1 N–H and O–H groups in total. The van der Waals surface area contributed by atoms with E-state index >= 15 is 0 Å². The number of aromatic nitrogens is 1. The van der Waals surface area contributed by atoms with Crippen molar-refractivity contribution < 1.29 is 9.90 Å². The summed E-state index contributed by atoms with van der Waals surface area (Å²) >= 11 is 1.60. The van der Waals surface area contributed by atoms with Crippen LogP contribution in [0.15, 0.2) is 41.4 Å². The molecule has 0 saturated carbocycles. The number of carbonyl (C=O) groups is 1. The molecular formula is C19H25N3O2S. The van der Waals surface area contributed by atoms with Crippen molar-refractivity contribution in [2.75, 3.05) is 26.2 Å². The van der Waals surface area contributed by atoms with Gasteiger partial charge in [-0.05, 0) is 53.1 Å². The summed E-state index contributed by atoms with van der Waals surface area (Å²) in [5, 5.41) is 15.0. The largest absolute Gasteiger partial charge is 0.387 e. The molecule has 25 heavy (non-hydrogen) atoms. The highest BCUT2D eigenvalue weighted by molar-refractivity contribution is 7.08. The van der Waals surface area contributed by atoms with Crippen LogP contribution in [0.5, 0.6) is 0 Å². The minimum atomic E-state index is -0.826. The summed E-state index contributed by atoms with van der Waals surface area (Å²) in [6.07, 6.45) is 4.64.